The molecule has 1 fully saturated rings. The molecular weight excluding hydrogens is 290 g/mol. The van der Waals surface area contributed by atoms with Gasteiger partial charge in [0.25, 0.3) is 0 Å². The van der Waals surface area contributed by atoms with Gasteiger partial charge in [-0.25, -0.2) is 0 Å². The van der Waals surface area contributed by atoms with E-state index in [1.807, 2.05) is 19.1 Å². The summed E-state index contributed by atoms with van der Waals surface area (Å²) in [6, 6.07) is 6.11. The van der Waals surface area contributed by atoms with Gasteiger partial charge in [-0.05, 0) is 50.3 Å². The third-order valence-electron chi connectivity index (χ3n) is 3.77. The molecule has 0 aromatic heterocycles. The quantitative estimate of drug-likeness (QED) is 0.896. The van der Waals surface area contributed by atoms with E-state index in [2.05, 4.69) is 28.9 Å². The molecule has 100 valence electrons. The van der Waals surface area contributed by atoms with Crippen LogP contribution in [-0.4, -0.2) is 6.10 Å². The van der Waals surface area contributed by atoms with Gasteiger partial charge in [-0.3, -0.25) is 0 Å². The molecular formula is C15H22BrNO. The Morgan fingerprint density at radius 1 is 1.33 bits per heavy atom. The Kier molecular flexibility index (Phi) is 4.68. The van der Waals surface area contributed by atoms with E-state index >= 15 is 0 Å². The summed E-state index contributed by atoms with van der Waals surface area (Å²) in [5, 5.41) is 0. The lowest BCUT2D eigenvalue weighted by molar-refractivity contribution is 0.101. The summed E-state index contributed by atoms with van der Waals surface area (Å²) >= 11 is 3.49. The smallest absolute Gasteiger partial charge is 0.124 e. The van der Waals surface area contributed by atoms with Crippen LogP contribution >= 0.6 is 15.9 Å². The van der Waals surface area contributed by atoms with E-state index in [0.29, 0.717) is 12.0 Å². The maximum Gasteiger partial charge on any atom is 0.124 e. The van der Waals surface area contributed by atoms with Crippen molar-refractivity contribution in [2.75, 3.05) is 0 Å². The minimum Gasteiger partial charge on any atom is -0.490 e. The molecule has 0 saturated heterocycles. The number of hydrogen-bond acceptors (Lipinski definition) is 2. The van der Waals surface area contributed by atoms with Crippen molar-refractivity contribution in [2.45, 2.75) is 51.7 Å². The van der Waals surface area contributed by atoms with Crippen LogP contribution in [0.25, 0.3) is 0 Å². The van der Waals surface area contributed by atoms with E-state index in [-0.39, 0.29) is 6.04 Å². The van der Waals surface area contributed by atoms with Gasteiger partial charge in [0.05, 0.1) is 0 Å². The average molecular weight is 312 g/mol. The van der Waals surface area contributed by atoms with Crippen LogP contribution in [0.2, 0.25) is 0 Å². The van der Waals surface area contributed by atoms with E-state index in [1.54, 1.807) is 0 Å². The Balaban J connectivity index is 2.17. The van der Waals surface area contributed by atoms with Crippen LogP contribution in [0.4, 0.5) is 0 Å². The van der Waals surface area contributed by atoms with Crippen LogP contribution in [-0.2, 0) is 0 Å². The Morgan fingerprint density at radius 2 is 2.06 bits per heavy atom. The first-order chi connectivity index (χ1) is 8.58. The zero-order valence-corrected chi connectivity index (χ0v) is 12.7. The standard InChI is InChI=1S/C15H22BrNO/c1-10-5-3-4-6-14(10)18-15-8-7-12(16)9-13(15)11(2)17/h7-11,14H,3-6,17H2,1-2H3. The highest BCUT2D eigenvalue weighted by Gasteiger charge is 2.24. The lowest BCUT2D eigenvalue weighted by Gasteiger charge is -2.30. The van der Waals surface area contributed by atoms with Crippen LogP contribution in [0.1, 0.15) is 51.1 Å². The van der Waals surface area contributed by atoms with Crippen LogP contribution < -0.4 is 10.5 Å². The summed E-state index contributed by atoms with van der Waals surface area (Å²) < 4.78 is 7.27. The van der Waals surface area contributed by atoms with Crippen molar-refractivity contribution in [3.05, 3.63) is 28.2 Å². The van der Waals surface area contributed by atoms with Crippen molar-refractivity contribution in [2.24, 2.45) is 11.7 Å². The molecule has 3 unspecified atom stereocenters. The van der Waals surface area contributed by atoms with Gasteiger partial charge in [-0.2, -0.15) is 0 Å². The molecule has 2 rings (SSSR count). The van der Waals surface area contributed by atoms with Crippen LogP contribution in [0, 0.1) is 5.92 Å². The molecule has 3 atom stereocenters. The molecule has 1 aliphatic rings. The largest absolute Gasteiger partial charge is 0.490 e. The maximum atomic E-state index is 6.21. The van der Waals surface area contributed by atoms with Crippen molar-refractivity contribution < 1.29 is 4.74 Å². The lowest BCUT2D eigenvalue weighted by Crippen LogP contribution is -2.29. The fourth-order valence-corrected chi connectivity index (χ4v) is 2.98. The third kappa shape index (κ3) is 3.27. The predicted molar refractivity (Wildman–Crippen MR) is 78.8 cm³/mol. The summed E-state index contributed by atoms with van der Waals surface area (Å²) in [4.78, 5) is 0. The van der Waals surface area contributed by atoms with E-state index < -0.39 is 0 Å². The molecule has 2 nitrogen and oxygen atoms in total. The van der Waals surface area contributed by atoms with Crippen molar-refractivity contribution in [3.8, 4) is 5.75 Å². The number of hydrogen-bond donors (Lipinski definition) is 1. The predicted octanol–water partition coefficient (Wildman–Crippen LogP) is 4.43. The molecule has 0 amide bonds. The van der Waals surface area contributed by atoms with Gasteiger partial charge in [0.15, 0.2) is 0 Å². The van der Waals surface area contributed by atoms with Gasteiger partial charge in [0.1, 0.15) is 11.9 Å². The summed E-state index contributed by atoms with van der Waals surface area (Å²) in [6.45, 7) is 4.28. The highest BCUT2D eigenvalue weighted by Crippen LogP contribution is 2.32. The normalized spacial score (nSPS) is 25.8. The lowest BCUT2D eigenvalue weighted by atomic mass is 9.88. The van der Waals surface area contributed by atoms with Crippen molar-refractivity contribution >= 4 is 15.9 Å². The van der Waals surface area contributed by atoms with Gasteiger partial charge < -0.3 is 10.5 Å². The topological polar surface area (TPSA) is 35.2 Å². The Morgan fingerprint density at radius 3 is 2.72 bits per heavy atom. The van der Waals surface area contributed by atoms with Crippen LogP contribution in [0.3, 0.4) is 0 Å². The SMILES string of the molecule is CC(N)c1cc(Br)ccc1OC1CCCCC1C. The molecule has 0 bridgehead atoms. The molecule has 1 aromatic rings. The van der Waals surface area contributed by atoms with E-state index in [4.69, 9.17) is 10.5 Å². The van der Waals surface area contributed by atoms with Crippen molar-refractivity contribution in [1.29, 1.82) is 0 Å². The monoisotopic (exact) mass is 311 g/mol. The Bertz CT molecular complexity index is 405. The van der Waals surface area contributed by atoms with Gasteiger partial charge in [-0.1, -0.05) is 29.3 Å². The van der Waals surface area contributed by atoms with Gasteiger partial charge >= 0.3 is 0 Å². The Labute approximate surface area is 118 Å². The first-order valence-electron chi connectivity index (χ1n) is 6.79. The highest BCUT2D eigenvalue weighted by molar-refractivity contribution is 9.10. The fourth-order valence-electron chi connectivity index (χ4n) is 2.60. The first kappa shape index (κ1) is 13.9. The molecule has 0 spiro atoms. The van der Waals surface area contributed by atoms with Gasteiger partial charge in [-0.15, -0.1) is 0 Å². The summed E-state index contributed by atoms with van der Waals surface area (Å²) in [7, 11) is 0. The second kappa shape index (κ2) is 6.07. The summed E-state index contributed by atoms with van der Waals surface area (Å²) in [6.07, 6.45) is 5.39. The number of halogens is 1. The van der Waals surface area contributed by atoms with Gasteiger partial charge in [0, 0.05) is 16.1 Å². The van der Waals surface area contributed by atoms with E-state index in [9.17, 15) is 0 Å². The molecule has 1 aromatic carbocycles. The molecule has 18 heavy (non-hydrogen) atoms. The van der Waals surface area contributed by atoms with E-state index in [1.165, 1.54) is 19.3 Å². The molecule has 0 aliphatic heterocycles. The summed E-state index contributed by atoms with van der Waals surface area (Å²) in [5.74, 6) is 1.59. The number of ether oxygens (including phenoxy) is 1. The Hall–Kier alpha value is -0.540. The van der Waals surface area contributed by atoms with Crippen LogP contribution in [0.5, 0.6) is 5.75 Å². The molecule has 1 saturated carbocycles. The second-order valence-corrected chi connectivity index (χ2v) is 6.30. The van der Waals surface area contributed by atoms with Crippen molar-refractivity contribution in [1.82, 2.24) is 0 Å². The zero-order valence-electron chi connectivity index (χ0n) is 11.2. The van der Waals surface area contributed by atoms with E-state index in [0.717, 1.165) is 22.2 Å². The van der Waals surface area contributed by atoms with Crippen molar-refractivity contribution in [3.63, 3.8) is 0 Å². The summed E-state index contributed by atoms with van der Waals surface area (Å²) in [5.41, 5.74) is 7.11. The molecule has 3 heteroatoms. The molecule has 1 aliphatic carbocycles. The molecule has 2 N–H and O–H groups in total. The minimum atomic E-state index is -0.00334. The number of nitrogens with two attached hydrogens (primary N) is 1. The minimum absolute atomic E-state index is 0.00334. The second-order valence-electron chi connectivity index (χ2n) is 5.39. The number of benzene rings is 1. The average Bonchev–Trinajstić information content (AvgIpc) is 2.34. The molecule has 0 radical (unpaired) electrons. The molecule has 0 heterocycles. The van der Waals surface area contributed by atoms with Crippen LogP contribution in [0.15, 0.2) is 22.7 Å². The zero-order chi connectivity index (χ0) is 13.1. The van der Waals surface area contributed by atoms with Gasteiger partial charge in [0.2, 0.25) is 0 Å². The third-order valence-corrected chi connectivity index (χ3v) is 4.27. The fraction of sp³-hybridized carbons (Fsp3) is 0.600. The number of rotatable bonds is 3. The maximum absolute atomic E-state index is 6.21. The highest BCUT2D eigenvalue weighted by atomic mass is 79.9. The first-order valence-corrected chi connectivity index (χ1v) is 7.59.